The third kappa shape index (κ3) is 3.52. The average Bonchev–Trinajstić information content (AvgIpc) is 3.47. The average molecular weight is 481 g/mol. The Morgan fingerprint density at radius 3 is 2.65 bits per heavy atom. The lowest BCUT2D eigenvalue weighted by molar-refractivity contribution is -0.142. The van der Waals surface area contributed by atoms with Crippen LogP contribution in [0.5, 0.6) is 0 Å². The van der Waals surface area contributed by atoms with Crippen LogP contribution in [0.4, 0.5) is 5.82 Å². The van der Waals surface area contributed by atoms with Crippen LogP contribution in [-0.2, 0) is 4.79 Å². The molecule has 0 bridgehead atoms. The minimum atomic E-state index is -0.714. The number of carboxylic acids is 1. The van der Waals surface area contributed by atoms with E-state index in [0.29, 0.717) is 24.3 Å². The number of nitrogens with zero attached hydrogens (tertiary/aromatic N) is 5. The number of anilines is 1. The number of carboxylic acid groups (broad SMARTS) is 1. The van der Waals surface area contributed by atoms with Gasteiger partial charge in [-0.25, -0.2) is 4.98 Å². The summed E-state index contributed by atoms with van der Waals surface area (Å²) in [6.07, 6.45) is 11.0. The fraction of sp³-hybridized carbons (Fsp3) is 0.318. The van der Waals surface area contributed by atoms with Crippen molar-refractivity contribution in [1.82, 2.24) is 19.6 Å². The molecule has 1 aliphatic carbocycles. The van der Waals surface area contributed by atoms with E-state index in [1.54, 1.807) is 16.9 Å². The summed E-state index contributed by atoms with van der Waals surface area (Å²) >= 11 is 3.60. The number of hydrogen-bond acceptors (Lipinski definition) is 6. The van der Waals surface area contributed by atoms with Crippen molar-refractivity contribution in [2.45, 2.75) is 38.0 Å². The summed E-state index contributed by atoms with van der Waals surface area (Å²) in [4.78, 5) is 25.1. The molecule has 0 amide bonds. The fourth-order valence-electron chi connectivity index (χ4n) is 4.36. The van der Waals surface area contributed by atoms with Gasteiger partial charge in [-0.3, -0.25) is 14.8 Å². The van der Waals surface area contributed by atoms with Crippen LogP contribution in [0.1, 0.15) is 49.4 Å². The molecule has 0 atom stereocenters. The molecule has 0 aromatic carbocycles. The highest BCUT2D eigenvalue weighted by Gasteiger charge is 2.30. The molecule has 8 nitrogen and oxygen atoms in total. The molecule has 0 spiro atoms. The molecule has 0 unspecified atom stereocenters. The van der Waals surface area contributed by atoms with Gasteiger partial charge in [0.05, 0.1) is 33.7 Å². The molecule has 4 heterocycles. The van der Waals surface area contributed by atoms with Crippen LogP contribution < -0.4 is 5.73 Å². The standard InChI is InChI=1S/C22H21BrN6O2/c23-18-19(12-3-5-13(6-4-12)22(30)31)28-21-15(11-27-29(21)20(18)24)14-7-8-17(26-10-14)16-2-1-9-25-16/h1,7-13H,2-6,24H2,(H,30,31)/t12-,13-. The van der Waals surface area contributed by atoms with E-state index in [2.05, 4.69) is 31.0 Å². The molecule has 0 saturated heterocycles. The number of hydrogen-bond donors (Lipinski definition) is 2. The number of aromatic nitrogens is 4. The third-order valence-corrected chi connectivity index (χ3v) is 6.94. The maximum absolute atomic E-state index is 11.3. The molecule has 2 aliphatic rings. The highest BCUT2D eigenvalue weighted by atomic mass is 79.9. The Balaban J connectivity index is 1.50. The summed E-state index contributed by atoms with van der Waals surface area (Å²) < 4.78 is 2.36. The van der Waals surface area contributed by atoms with Gasteiger partial charge in [-0.15, -0.1) is 0 Å². The van der Waals surface area contributed by atoms with Crippen LogP contribution in [0.2, 0.25) is 0 Å². The lowest BCUT2D eigenvalue weighted by Crippen LogP contribution is -2.21. The van der Waals surface area contributed by atoms with Crippen LogP contribution in [0, 0.1) is 5.92 Å². The quantitative estimate of drug-likeness (QED) is 0.577. The highest BCUT2D eigenvalue weighted by molar-refractivity contribution is 9.10. The topological polar surface area (TPSA) is 119 Å². The van der Waals surface area contributed by atoms with Gasteiger partial charge >= 0.3 is 5.97 Å². The summed E-state index contributed by atoms with van der Waals surface area (Å²) in [6, 6.07) is 3.96. The smallest absolute Gasteiger partial charge is 0.306 e. The van der Waals surface area contributed by atoms with E-state index >= 15 is 0 Å². The number of nitrogens with two attached hydrogens (primary N) is 1. The highest BCUT2D eigenvalue weighted by Crippen LogP contribution is 2.40. The molecule has 158 valence electrons. The fourth-order valence-corrected chi connectivity index (χ4v) is 4.94. The Labute approximate surface area is 187 Å². The van der Waals surface area contributed by atoms with Gasteiger partial charge in [-0.05, 0) is 47.7 Å². The monoisotopic (exact) mass is 480 g/mol. The lowest BCUT2D eigenvalue weighted by atomic mass is 9.80. The number of allylic oxidation sites excluding steroid dienone is 1. The van der Waals surface area contributed by atoms with Gasteiger partial charge in [-0.1, -0.05) is 12.1 Å². The second kappa shape index (κ2) is 7.88. The number of aliphatic imine (C=N–C) groups is 1. The van der Waals surface area contributed by atoms with E-state index in [1.807, 2.05) is 24.4 Å². The van der Waals surface area contributed by atoms with Gasteiger partial charge in [0.1, 0.15) is 5.82 Å². The van der Waals surface area contributed by atoms with E-state index in [-0.39, 0.29) is 11.8 Å². The Hall–Kier alpha value is -3.07. The number of rotatable bonds is 4. The van der Waals surface area contributed by atoms with Crippen LogP contribution in [0.25, 0.3) is 16.8 Å². The normalized spacial score (nSPS) is 20.9. The first-order valence-corrected chi connectivity index (χ1v) is 11.1. The first-order chi connectivity index (χ1) is 15.0. The number of aliphatic carboxylic acids is 1. The van der Waals surface area contributed by atoms with Gasteiger partial charge in [0.15, 0.2) is 5.65 Å². The van der Waals surface area contributed by atoms with Crippen LogP contribution >= 0.6 is 15.9 Å². The molecule has 0 radical (unpaired) electrons. The van der Waals surface area contributed by atoms with Gasteiger partial charge in [0.25, 0.3) is 0 Å². The van der Waals surface area contributed by atoms with Gasteiger partial charge in [0.2, 0.25) is 0 Å². The van der Waals surface area contributed by atoms with Gasteiger partial charge < -0.3 is 10.8 Å². The number of pyridine rings is 1. The van der Waals surface area contributed by atoms with Crippen molar-refractivity contribution >= 4 is 39.1 Å². The number of carbonyl (C=O) groups is 1. The maximum Gasteiger partial charge on any atom is 0.306 e. The molecule has 1 fully saturated rings. The first kappa shape index (κ1) is 19.9. The molecule has 1 aliphatic heterocycles. The van der Waals surface area contributed by atoms with Crippen molar-refractivity contribution in [3.05, 3.63) is 52.7 Å². The molecule has 3 aromatic heterocycles. The minimum absolute atomic E-state index is 0.161. The maximum atomic E-state index is 11.3. The van der Waals surface area contributed by atoms with Crippen molar-refractivity contribution in [3.8, 4) is 11.1 Å². The molecular formula is C22H21BrN6O2. The largest absolute Gasteiger partial charge is 0.481 e. The van der Waals surface area contributed by atoms with Crippen molar-refractivity contribution < 1.29 is 9.90 Å². The molecule has 31 heavy (non-hydrogen) atoms. The third-order valence-electron chi connectivity index (χ3n) is 6.13. The molecule has 5 rings (SSSR count). The van der Waals surface area contributed by atoms with E-state index in [1.165, 1.54) is 0 Å². The van der Waals surface area contributed by atoms with E-state index in [4.69, 9.17) is 10.7 Å². The molecule has 1 saturated carbocycles. The van der Waals surface area contributed by atoms with Crippen molar-refractivity contribution in [2.24, 2.45) is 10.9 Å². The number of nitrogen functional groups attached to an aromatic ring is 1. The summed E-state index contributed by atoms with van der Waals surface area (Å²) in [6.45, 7) is 0. The molecule has 3 N–H and O–H groups in total. The first-order valence-electron chi connectivity index (χ1n) is 10.3. The Bertz CT molecular complexity index is 1220. The van der Waals surface area contributed by atoms with Crippen LogP contribution in [-0.4, -0.2) is 36.4 Å². The van der Waals surface area contributed by atoms with Crippen molar-refractivity contribution in [3.63, 3.8) is 0 Å². The number of halogens is 1. The predicted molar refractivity (Wildman–Crippen MR) is 121 cm³/mol. The van der Waals surface area contributed by atoms with Gasteiger partial charge in [-0.2, -0.15) is 9.61 Å². The predicted octanol–water partition coefficient (Wildman–Crippen LogP) is 4.20. The van der Waals surface area contributed by atoms with E-state index in [0.717, 1.165) is 52.0 Å². The van der Waals surface area contributed by atoms with Crippen molar-refractivity contribution in [2.75, 3.05) is 5.73 Å². The second-order valence-corrected chi connectivity index (χ2v) is 8.77. The zero-order chi connectivity index (χ0) is 21.5. The second-order valence-electron chi connectivity index (χ2n) is 7.97. The molecule has 9 heteroatoms. The summed E-state index contributed by atoms with van der Waals surface area (Å²) in [7, 11) is 0. The van der Waals surface area contributed by atoms with Crippen LogP contribution in [0.3, 0.4) is 0 Å². The summed E-state index contributed by atoms with van der Waals surface area (Å²) in [5.41, 5.74) is 11.5. The zero-order valence-electron chi connectivity index (χ0n) is 16.7. The van der Waals surface area contributed by atoms with Crippen molar-refractivity contribution in [1.29, 1.82) is 0 Å². The minimum Gasteiger partial charge on any atom is -0.481 e. The van der Waals surface area contributed by atoms with Crippen LogP contribution in [0.15, 0.2) is 46.3 Å². The number of fused-ring (bicyclic) bond motifs is 1. The SMILES string of the molecule is Nc1c(Br)c([C@H]2CC[C@H](C(=O)O)CC2)nc2c(-c3ccc(C4=NC=CC4)nc3)cnn12. The molecular weight excluding hydrogens is 460 g/mol. The van der Waals surface area contributed by atoms with E-state index < -0.39 is 5.97 Å². The Morgan fingerprint density at radius 2 is 2.00 bits per heavy atom. The lowest BCUT2D eigenvalue weighted by Gasteiger charge is -2.26. The summed E-state index contributed by atoms with van der Waals surface area (Å²) in [5.74, 6) is -0.337. The summed E-state index contributed by atoms with van der Waals surface area (Å²) in [5, 5.41) is 13.7. The Morgan fingerprint density at radius 1 is 1.19 bits per heavy atom. The molecule has 3 aromatic rings. The van der Waals surface area contributed by atoms with Gasteiger partial charge in [0, 0.05) is 35.9 Å². The zero-order valence-corrected chi connectivity index (χ0v) is 18.3. The van der Waals surface area contributed by atoms with E-state index in [9.17, 15) is 9.90 Å². The Kier molecular flexibility index (Phi) is 5.05.